The van der Waals surface area contributed by atoms with Crippen molar-refractivity contribution in [2.45, 2.75) is 0 Å². The summed E-state index contributed by atoms with van der Waals surface area (Å²) in [6, 6.07) is 92.9. The molecule has 0 aliphatic heterocycles. The first-order chi connectivity index (χ1) is 31.8. The van der Waals surface area contributed by atoms with Crippen molar-refractivity contribution in [2.24, 2.45) is 0 Å². The highest BCUT2D eigenvalue weighted by Crippen LogP contribution is 2.48. The molecule has 0 aliphatic carbocycles. The third-order valence-electron chi connectivity index (χ3n) is 12.8. The molecule has 0 aliphatic rings. The predicted octanol–water partition coefficient (Wildman–Crippen LogP) is 17.2. The third-order valence-corrected chi connectivity index (χ3v) is 12.8. The molecule has 300 valence electrons. The molecule has 0 saturated heterocycles. The zero-order chi connectivity index (χ0) is 42.4. The first-order valence-electron chi connectivity index (χ1n) is 22.0. The van der Waals surface area contributed by atoms with Gasteiger partial charge in [-0.25, -0.2) is 0 Å². The van der Waals surface area contributed by atoms with Gasteiger partial charge in [-0.05, 0) is 103 Å². The lowest BCUT2D eigenvalue weighted by Gasteiger charge is -2.31. The van der Waals surface area contributed by atoms with E-state index in [1.807, 2.05) is 0 Å². The van der Waals surface area contributed by atoms with Crippen molar-refractivity contribution in [3.63, 3.8) is 0 Å². The van der Waals surface area contributed by atoms with E-state index >= 15 is 0 Å². The molecule has 12 rings (SSSR count). The van der Waals surface area contributed by atoms with Crippen LogP contribution >= 0.6 is 0 Å². The number of hydrogen-bond acceptors (Lipinski definition) is 1. The first kappa shape index (κ1) is 37.3. The summed E-state index contributed by atoms with van der Waals surface area (Å²) in [6.07, 6.45) is 0. The van der Waals surface area contributed by atoms with E-state index in [2.05, 4.69) is 264 Å². The average Bonchev–Trinajstić information content (AvgIpc) is 3.70. The van der Waals surface area contributed by atoms with Gasteiger partial charge in [0.15, 0.2) is 0 Å². The molecule has 0 N–H and O–H groups in total. The second-order valence-electron chi connectivity index (χ2n) is 16.5. The number of aromatic nitrogens is 1. The second-order valence-corrected chi connectivity index (χ2v) is 16.5. The predicted molar refractivity (Wildman–Crippen MR) is 272 cm³/mol. The quantitative estimate of drug-likeness (QED) is 0.148. The van der Waals surface area contributed by atoms with E-state index in [0.717, 1.165) is 45.0 Å². The zero-order valence-corrected chi connectivity index (χ0v) is 35.1. The number of anilines is 3. The summed E-state index contributed by atoms with van der Waals surface area (Å²) in [5, 5.41) is 7.34. The molecule has 0 amide bonds. The fourth-order valence-electron chi connectivity index (χ4n) is 9.80. The van der Waals surface area contributed by atoms with Crippen LogP contribution in [0, 0.1) is 0 Å². The van der Waals surface area contributed by atoms with E-state index in [4.69, 9.17) is 0 Å². The Balaban J connectivity index is 1.15. The molecule has 0 bridgehead atoms. The van der Waals surface area contributed by atoms with Gasteiger partial charge in [-0.2, -0.15) is 0 Å². The lowest BCUT2D eigenvalue weighted by molar-refractivity contribution is 1.18. The van der Waals surface area contributed by atoms with Gasteiger partial charge < -0.3 is 9.47 Å². The maximum atomic E-state index is 2.50. The molecule has 0 atom stereocenters. The van der Waals surface area contributed by atoms with Crippen LogP contribution < -0.4 is 4.90 Å². The summed E-state index contributed by atoms with van der Waals surface area (Å²) in [5.41, 5.74) is 16.1. The average molecular weight is 815 g/mol. The maximum absolute atomic E-state index is 2.50. The normalized spacial score (nSPS) is 11.4. The molecule has 1 aromatic heterocycles. The van der Waals surface area contributed by atoms with Crippen LogP contribution in [0.4, 0.5) is 17.1 Å². The second kappa shape index (κ2) is 15.8. The van der Waals surface area contributed by atoms with E-state index < -0.39 is 0 Å². The van der Waals surface area contributed by atoms with Crippen LogP contribution in [0.3, 0.4) is 0 Å². The van der Waals surface area contributed by atoms with Crippen LogP contribution in [0.1, 0.15) is 0 Å². The van der Waals surface area contributed by atoms with Gasteiger partial charge in [0.25, 0.3) is 0 Å². The van der Waals surface area contributed by atoms with Gasteiger partial charge in [0.2, 0.25) is 0 Å². The van der Waals surface area contributed by atoms with Crippen LogP contribution in [-0.2, 0) is 0 Å². The van der Waals surface area contributed by atoms with Crippen molar-refractivity contribution in [3.05, 3.63) is 255 Å². The van der Waals surface area contributed by atoms with Gasteiger partial charge in [-0.3, -0.25) is 0 Å². The number of fused-ring (bicyclic) bond motifs is 5. The Morgan fingerprint density at radius 3 is 1.55 bits per heavy atom. The highest BCUT2D eigenvalue weighted by molar-refractivity contribution is 6.11. The SMILES string of the molecule is c1ccc(-c2ccc(-c3ccccc3N(c3ccc4c5ccccc5n(-c5ccccc5)c4c3)c3ccc(-c4cccc5ccccc45)cc3-c3cccc4ccccc34)cc2)cc1. The minimum atomic E-state index is 1.07. The van der Waals surface area contributed by atoms with Gasteiger partial charge in [0.1, 0.15) is 0 Å². The summed E-state index contributed by atoms with van der Waals surface area (Å²) in [6.45, 7) is 0. The highest BCUT2D eigenvalue weighted by atomic mass is 15.1. The Hall–Kier alpha value is -8.46. The third kappa shape index (κ3) is 6.44. The molecule has 0 unspecified atom stereocenters. The van der Waals surface area contributed by atoms with Crippen LogP contribution in [0.25, 0.3) is 93.5 Å². The molecule has 64 heavy (non-hydrogen) atoms. The van der Waals surface area contributed by atoms with E-state index in [0.29, 0.717) is 0 Å². The minimum absolute atomic E-state index is 1.07. The first-order valence-corrected chi connectivity index (χ1v) is 22.0. The number of benzene rings is 11. The van der Waals surface area contributed by atoms with Crippen molar-refractivity contribution in [2.75, 3.05) is 4.90 Å². The van der Waals surface area contributed by atoms with Gasteiger partial charge >= 0.3 is 0 Å². The number of nitrogens with zero attached hydrogens (tertiary/aromatic N) is 2. The summed E-state index contributed by atoms with van der Waals surface area (Å²) in [4.78, 5) is 2.50. The summed E-state index contributed by atoms with van der Waals surface area (Å²) >= 11 is 0. The number of hydrogen-bond donors (Lipinski definition) is 0. The lowest BCUT2D eigenvalue weighted by Crippen LogP contribution is -2.13. The molecule has 0 spiro atoms. The molecule has 11 aromatic carbocycles. The van der Waals surface area contributed by atoms with Gasteiger partial charge in [-0.15, -0.1) is 0 Å². The molecule has 2 nitrogen and oxygen atoms in total. The van der Waals surface area contributed by atoms with Gasteiger partial charge in [0.05, 0.1) is 22.4 Å². The Morgan fingerprint density at radius 2 is 0.781 bits per heavy atom. The van der Waals surface area contributed by atoms with Crippen molar-refractivity contribution >= 4 is 60.4 Å². The Labute approximate surface area is 373 Å². The Bertz CT molecular complexity index is 3650. The monoisotopic (exact) mass is 814 g/mol. The van der Waals surface area contributed by atoms with E-state index in [1.54, 1.807) is 0 Å². The van der Waals surface area contributed by atoms with E-state index in [-0.39, 0.29) is 0 Å². The zero-order valence-electron chi connectivity index (χ0n) is 35.1. The molecule has 0 saturated carbocycles. The van der Waals surface area contributed by atoms with Crippen molar-refractivity contribution < 1.29 is 0 Å². The molecule has 2 heteroatoms. The summed E-state index contributed by atoms with van der Waals surface area (Å²) < 4.78 is 2.41. The van der Waals surface area contributed by atoms with E-state index in [1.165, 1.54) is 65.7 Å². The van der Waals surface area contributed by atoms with Crippen molar-refractivity contribution in [1.29, 1.82) is 0 Å². The minimum Gasteiger partial charge on any atom is -0.309 e. The smallest absolute Gasteiger partial charge is 0.0561 e. The fourth-order valence-corrected chi connectivity index (χ4v) is 9.80. The molecule has 12 aromatic rings. The lowest BCUT2D eigenvalue weighted by atomic mass is 9.91. The van der Waals surface area contributed by atoms with Crippen LogP contribution in [0.2, 0.25) is 0 Å². The van der Waals surface area contributed by atoms with Gasteiger partial charge in [-0.1, -0.05) is 206 Å². The summed E-state index contributed by atoms with van der Waals surface area (Å²) in [5.74, 6) is 0. The maximum Gasteiger partial charge on any atom is 0.0561 e. The van der Waals surface area contributed by atoms with Crippen molar-refractivity contribution in [1.82, 2.24) is 4.57 Å². The Morgan fingerprint density at radius 1 is 0.266 bits per heavy atom. The van der Waals surface area contributed by atoms with Crippen LogP contribution in [0.5, 0.6) is 0 Å². The molecule has 0 radical (unpaired) electrons. The number of para-hydroxylation sites is 3. The number of rotatable bonds is 8. The molecule has 0 fully saturated rings. The fraction of sp³-hybridized carbons (Fsp3) is 0. The summed E-state index contributed by atoms with van der Waals surface area (Å²) in [7, 11) is 0. The molecule has 1 heterocycles. The highest BCUT2D eigenvalue weighted by Gasteiger charge is 2.24. The Kier molecular flexibility index (Phi) is 9.20. The standard InChI is InChI=1S/C62H42N2/c1-3-17-43(18-4-1)44-33-35-47(36-34-44)54-27-11-13-31-59(54)64(50-38-39-57-56-28-12-14-32-60(56)63(62(57)42-50)49-23-5-2-6-24-49)61-40-37-48(53-29-15-21-45-19-7-9-25-51(45)53)41-58(61)55-30-16-22-46-20-8-10-26-52(46)55/h1-42H. The van der Waals surface area contributed by atoms with Crippen LogP contribution in [-0.4, -0.2) is 4.57 Å². The van der Waals surface area contributed by atoms with E-state index in [9.17, 15) is 0 Å². The van der Waals surface area contributed by atoms with Gasteiger partial charge in [0, 0.05) is 33.3 Å². The largest absolute Gasteiger partial charge is 0.309 e. The topological polar surface area (TPSA) is 8.17 Å². The van der Waals surface area contributed by atoms with Crippen LogP contribution in [0.15, 0.2) is 255 Å². The molecular formula is C62H42N2. The molecular weight excluding hydrogens is 773 g/mol. The van der Waals surface area contributed by atoms with Crippen molar-refractivity contribution in [3.8, 4) is 50.2 Å².